The third kappa shape index (κ3) is 3.45. The molecule has 0 aliphatic carbocycles. The lowest BCUT2D eigenvalue weighted by Crippen LogP contribution is -2.30. The van der Waals surface area contributed by atoms with Crippen LogP contribution >= 0.6 is 0 Å². The zero-order chi connectivity index (χ0) is 13.8. The Labute approximate surface area is 113 Å². The van der Waals surface area contributed by atoms with Crippen molar-refractivity contribution in [2.45, 2.75) is 19.9 Å². The monoisotopic (exact) mass is 262 g/mol. The Kier molecular flexibility index (Phi) is 4.39. The summed E-state index contributed by atoms with van der Waals surface area (Å²) in [5.41, 5.74) is 2.74. The fourth-order valence-electron chi connectivity index (χ4n) is 2.07. The van der Waals surface area contributed by atoms with Gasteiger partial charge in [-0.3, -0.25) is 0 Å². The molecule has 1 atom stereocenters. The van der Waals surface area contributed by atoms with Gasteiger partial charge in [0.1, 0.15) is 0 Å². The van der Waals surface area contributed by atoms with Gasteiger partial charge in [0.2, 0.25) is 0 Å². The van der Waals surface area contributed by atoms with Gasteiger partial charge in [0.15, 0.2) is 0 Å². The number of nitrogens with zero attached hydrogens (tertiary/aromatic N) is 1. The Morgan fingerprint density at radius 3 is 2.79 bits per heavy atom. The molecule has 0 amide bonds. The average molecular weight is 262 g/mol. The molecule has 1 heterocycles. The van der Waals surface area contributed by atoms with Crippen LogP contribution in [-0.2, 0) is 0 Å². The Bertz CT molecular complexity index is 586. The first kappa shape index (κ1) is 13.8. The van der Waals surface area contributed by atoms with Crippen LogP contribution in [-0.4, -0.2) is 41.5 Å². The fourth-order valence-corrected chi connectivity index (χ4v) is 2.07. The van der Waals surface area contributed by atoms with Gasteiger partial charge in [0.05, 0.1) is 11.0 Å². The Morgan fingerprint density at radius 1 is 1.32 bits per heavy atom. The summed E-state index contributed by atoms with van der Waals surface area (Å²) in [6.07, 6.45) is 0. The van der Waals surface area contributed by atoms with E-state index in [4.69, 9.17) is 0 Å². The van der Waals surface area contributed by atoms with Crippen molar-refractivity contribution in [3.8, 4) is 0 Å². The van der Waals surface area contributed by atoms with Crippen molar-refractivity contribution in [2.75, 3.05) is 26.7 Å². The van der Waals surface area contributed by atoms with Gasteiger partial charge < -0.3 is 20.2 Å². The van der Waals surface area contributed by atoms with E-state index in [0.29, 0.717) is 0 Å². The summed E-state index contributed by atoms with van der Waals surface area (Å²) in [5.74, 6) is 0. The Balaban J connectivity index is 2.00. The lowest BCUT2D eigenvalue weighted by molar-refractivity contribution is 0.342. The van der Waals surface area contributed by atoms with E-state index in [1.54, 1.807) is 0 Å². The number of hydrogen-bond acceptors (Lipinski definition) is 3. The topological polar surface area (TPSA) is 63.9 Å². The molecular weight excluding hydrogens is 240 g/mol. The third-order valence-electron chi connectivity index (χ3n) is 3.52. The summed E-state index contributed by atoms with van der Waals surface area (Å²) in [7, 11) is 2.11. The van der Waals surface area contributed by atoms with Crippen molar-refractivity contribution in [1.82, 2.24) is 20.2 Å². The normalized spacial score (nSPS) is 13.3. The second-order valence-electron chi connectivity index (χ2n) is 4.96. The van der Waals surface area contributed by atoms with Gasteiger partial charge in [-0.1, -0.05) is 13.0 Å². The highest BCUT2D eigenvalue weighted by Crippen LogP contribution is 2.16. The summed E-state index contributed by atoms with van der Waals surface area (Å²) in [6, 6.07) is 6.29. The summed E-state index contributed by atoms with van der Waals surface area (Å²) < 4.78 is 0. The molecule has 19 heavy (non-hydrogen) atoms. The second kappa shape index (κ2) is 6.04. The maximum absolute atomic E-state index is 11.2. The minimum atomic E-state index is -0.155. The van der Waals surface area contributed by atoms with Crippen molar-refractivity contribution in [3.05, 3.63) is 34.2 Å². The van der Waals surface area contributed by atoms with Gasteiger partial charge in [-0.15, -0.1) is 0 Å². The van der Waals surface area contributed by atoms with Crippen molar-refractivity contribution in [1.29, 1.82) is 0 Å². The van der Waals surface area contributed by atoms with Crippen LogP contribution in [0.25, 0.3) is 11.0 Å². The SMILES string of the molecule is CCN(C)CCNC(C)c1ccc2[nH]c(=O)[nH]c2c1. The van der Waals surface area contributed by atoms with E-state index in [1.165, 1.54) is 5.56 Å². The van der Waals surface area contributed by atoms with Gasteiger partial charge in [-0.2, -0.15) is 0 Å². The first-order valence-electron chi connectivity index (χ1n) is 6.74. The number of aromatic amines is 2. The molecule has 0 bridgehead atoms. The van der Waals surface area contributed by atoms with E-state index in [-0.39, 0.29) is 11.7 Å². The lowest BCUT2D eigenvalue weighted by atomic mass is 10.1. The zero-order valence-corrected chi connectivity index (χ0v) is 11.8. The Morgan fingerprint density at radius 2 is 2.05 bits per heavy atom. The average Bonchev–Trinajstić information content (AvgIpc) is 2.77. The van der Waals surface area contributed by atoms with Gasteiger partial charge in [-0.25, -0.2) is 4.79 Å². The molecule has 104 valence electrons. The molecule has 0 spiro atoms. The van der Waals surface area contributed by atoms with E-state index in [9.17, 15) is 4.79 Å². The van der Waals surface area contributed by atoms with Crippen LogP contribution in [0.4, 0.5) is 0 Å². The largest absolute Gasteiger partial charge is 0.323 e. The van der Waals surface area contributed by atoms with Crippen LogP contribution in [0.5, 0.6) is 0 Å². The molecular formula is C14H22N4O. The number of imidazole rings is 1. The van der Waals surface area contributed by atoms with Crippen LogP contribution < -0.4 is 11.0 Å². The highest BCUT2D eigenvalue weighted by atomic mass is 16.1. The number of H-pyrrole nitrogens is 2. The first-order valence-corrected chi connectivity index (χ1v) is 6.74. The molecule has 2 rings (SSSR count). The summed E-state index contributed by atoms with van der Waals surface area (Å²) in [5, 5.41) is 3.49. The maximum atomic E-state index is 11.2. The van der Waals surface area contributed by atoms with Crippen LogP contribution in [0.1, 0.15) is 25.5 Å². The fraction of sp³-hybridized carbons (Fsp3) is 0.500. The van der Waals surface area contributed by atoms with Crippen molar-refractivity contribution >= 4 is 11.0 Å². The molecule has 3 N–H and O–H groups in total. The molecule has 5 nitrogen and oxygen atoms in total. The summed E-state index contributed by atoms with van der Waals surface area (Å²) in [4.78, 5) is 19.0. The van der Waals surface area contributed by atoms with Gasteiger partial charge in [0.25, 0.3) is 0 Å². The van der Waals surface area contributed by atoms with Crippen molar-refractivity contribution < 1.29 is 0 Å². The van der Waals surface area contributed by atoms with Gasteiger partial charge in [0, 0.05) is 19.1 Å². The second-order valence-corrected chi connectivity index (χ2v) is 4.96. The van der Waals surface area contributed by atoms with E-state index in [2.05, 4.69) is 41.1 Å². The van der Waals surface area contributed by atoms with E-state index in [1.807, 2.05) is 18.2 Å². The van der Waals surface area contributed by atoms with Crippen LogP contribution in [0.15, 0.2) is 23.0 Å². The quantitative estimate of drug-likeness (QED) is 0.738. The van der Waals surface area contributed by atoms with Crippen molar-refractivity contribution in [3.63, 3.8) is 0 Å². The van der Waals surface area contributed by atoms with Crippen LogP contribution in [0.2, 0.25) is 0 Å². The van der Waals surface area contributed by atoms with E-state index < -0.39 is 0 Å². The molecule has 0 fully saturated rings. The minimum Gasteiger partial charge on any atom is -0.309 e. The van der Waals surface area contributed by atoms with Crippen LogP contribution in [0.3, 0.4) is 0 Å². The molecule has 0 saturated carbocycles. The smallest absolute Gasteiger partial charge is 0.309 e. The van der Waals surface area contributed by atoms with Gasteiger partial charge >= 0.3 is 5.69 Å². The maximum Gasteiger partial charge on any atom is 0.323 e. The lowest BCUT2D eigenvalue weighted by Gasteiger charge is -2.18. The van der Waals surface area contributed by atoms with Crippen LogP contribution in [0, 0.1) is 0 Å². The molecule has 2 aromatic rings. The highest BCUT2D eigenvalue weighted by Gasteiger charge is 2.07. The van der Waals surface area contributed by atoms with E-state index in [0.717, 1.165) is 30.7 Å². The molecule has 0 aliphatic rings. The van der Waals surface area contributed by atoms with Gasteiger partial charge in [-0.05, 0) is 38.2 Å². The number of benzene rings is 1. The number of fused-ring (bicyclic) bond motifs is 1. The Hall–Kier alpha value is -1.59. The minimum absolute atomic E-state index is 0.155. The molecule has 0 saturated heterocycles. The van der Waals surface area contributed by atoms with Crippen molar-refractivity contribution in [2.24, 2.45) is 0 Å². The molecule has 5 heteroatoms. The number of nitrogens with one attached hydrogen (secondary N) is 3. The molecule has 0 aliphatic heterocycles. The molecule has 1 aromatic heterocycles. The molecule has 1 aromatic carbocycles. The zero-order valence-electron chi connectivity index (χ0n) is 11.8. The highest BCUT2D eigenvalue weighted by molar-refractivity contribution is 5.75. The number of hydrogen-bond donors (Lipinski definition) is 3. The predicted octanol–water partition coefficient (Wildman–Crippen LogP) is 1.46. The summed E-state index contributed by atoms with van der Waals surface area (Å²) >= 11 is 0. The predicted molar refractivity (Wildman–Crippen MR) is 78.5 cm³/mol. The third-order valence-corrected chi connectivity index (χ3v) is 3.52. The number of rotatable bonds is 6. The molecule has 1 unspecified atom stereocenters. The molecule has 0 radical (unpaired) electrons. The summed E-state index contributed by atoms with van der Waals surface area (Å²) in [6.45, 7) is 7.33. The van der Waals surface area contributed by atoms with E-state index >= 15 is 0 Å². The number of likely N-dealkylation sites (N-methyl/N-ethyl adjacent to an activating group) is 1. The standard InChI is InChI=1S/C14H22N4O/c1-4-18(3)8-7-15-10(2)11-5-6-12-13(9-11)17-14(19)16-12/h5-6,9-10,15H,4,7-8H2,1-3H3,(H2,16,17,19). The first-order chi connectivity index (χ1) is 9.10. The number of aromatic nitrogens is 2.